The van der Waals surface area contributed by atoms with Crippen molar-refractivity contribution in [3.8, 4) is 0 Å². The van der Waals surface area contributed by atoms with Gasteiger partial charge >= 0.3 is 0 Å². The molecule has 0 amide bonds. The van der Waals surface area contributed by atoms with Crippen molar-refractivity contribution in [3.63, 3.8) is 0 Å². The van der Waals surface area contributed by atoms with Crippen LogP contribution < -0.4 is 5.73 Å². The first-order valence-corrected chi connectivity index (χ1v) is 6.19. The van der Waals surface area contributed by atoms with E-state index in [1.54, 1.807) is 0 Å². The average Bonchev–Trinajstić information content (AvgIpc) is 2.74. The molecule has 0 spiro atoms. The summed E-state index contributed by atoms with van der Waals surface area (Å²) in [5.41, 5.74) is 6.22. The maximum atomic E-state index is 9.37. The summed E-state index contributed by atoms with van der Waals surface area (Å²) < 4.78 is 0. The normalized spacial score (nSPS) is 56.1. The number of aliphatic hydroxyl groups excluding tert-OH is 1. The van der Waals surface area contributed by atoms with E-state index in [2.05, 4.69) is 0 Å². The van der Waals surface area contributed by atoms with Crippen molar-refractivity contribution in [1.29, 1.82) is 0 Å². The van der Waals surface area contributed by atoms with E-state index in [4.69, 9.17) is 5.73 Å². The molecule has 2 nitrogen and oxygen atoms in total. The summed E-state index contributed by atoms with van der Waals surface area (Å²) in [4.78, 5) is 0. The van der Waals surface area contributed by atoms with Crippen molar-refractivity contribution in [3.05, 3.63) is 0 Å². The Morgan fingerprint density at radius 2 is 1.64 bits per heavy atom. The van der Waals surface area contributed by atoms with Crippen LogP contribution in [0.2, 0.25) is 0 Å². The number of hydrogen-bond donors (Lipinski definition) is 2. The van der Waals surface area contributed by atoms with Gasteiger partial charge in [0, 0.05) is 18.6 Å². The van der Waals surface area contributed by atoms with Gasteiger partial charge in [0.15, 0.2) is 0 Å². The maximum absolute atomic E-state index is 9.37. The average molecular weight is 195 g/mol. The molecule has 3 N–H and O–H groups in total. The molecule has 0 saturated heterocycles. The fourth-order valence-corrected chi connectivity index (χ4v) is 4.71. The third-order valence-electron chi connectivity index (χ3n) is 5.27. The van der Waals surface area contributed by atoms with E-state index < -0.39 is 0 Å². The molecule has 3 aliphatic rings. The van der Waals surface area contributed by atoms with Gasteiger partial charge in [0.25, 0.3) is 0 Å². The zero-order chi connectivity index (χ0) is 9.71. The molecule has 6 atom stereocenters. The van der Waals surface area contributed by atoms with Crippen molar-refractivity contribution in [2.24, 2.45) is 35.3 Å². The SMILES string of the molecule is N[C@H]1[C@H](CO)[C@@H]2C[C@@H]1[C@@H]1CCCC[C@H]21. The highest BCUT2D eigenvalue weighted by molar-refractivity contribution is 5.07. The standard InChI is InChI=1S/C12H21NO/c13-12-10-5-9(11(12)6-14)7-3-1-2-4-8(7)10/h7-12,14H,1-6,13H2/t7-,8+,9+,10+,11+,12+/m0/s1. The highest BCUT2D eigenvalue weighted by atomic mass is 16.3. The summed E-state index contributed by atoms with van der Waals surface area (Å²) in [7, 11) is 0. The number of hydrogen-bond acceptors (Lipinski definition) is 2. The second kappa shape index (κ2) is 3.21. The number of aliphatic hydroxyl groups is 1. The molecule has 0 aliphatic heterocycles. The molecule has 3 aliphatic carbocycles. The van der Waals surface area contributed by atoms with Gasteiger partial charge in [-0.1, -0.05) is 12.8 Å². The minimum absolute atomic E-state index is 0.310. The van der Waals surface area contributed by atoms with Gasteiger partial charge in [-0.15, -0.1) is 0 Å². The molecule has 0 aromatic heterocycles. The Balaban J connectivity index is 1.84. The summed E-state index contributed by atoms with van der Waals surface area (Å²) in [6.07, 6.45) is 6.98. The molecule has 0 heterocycles. The topological polar surface area (TPSA) is 46.2 Å². The summed E-state index contributed by atoms with van der Waals surface area (Å²) in [6.45, 7) is 0.325. The molecule has 2 heteroatoms. The number of rotatable bonds is 1. The smallest absolute Gasteiger partial charge is 0.0476 e. The van der Waals surface area contributed by atoms with E-state index in [1.807, 2.05) is 0 Å². The summed E-state index contributed by atoms with van der Waals surface area (Å²) >= 11 is 0. The predicted octanol–water partition coefficient (Wildman–Crippen LogP) is 1.38. The van der Waals surface area contributed by atoms with Crippen LogP contribution in [0.1, 0.15) is 32.1 Å². The fraction of sp³-hybridized carbons (Fsp3) is 1.00. The van der Waals surface area contributed by atoms with E-state index in [1.165, 1.54) is 32.1 Å². The number of fused-ring (bicyclic) bond motifs is 5. The molecule has 0 aromatic rings. The lowest BCUT2D eigenvalue weighted by atomic mass is 9.66. The van der Waals surface area contributed by atoms with E-state index in [0.29, 0.717) is 18.6 Å². The Morgan fingerprint density at radius 1 is 1.00 bits per heavy atom. The molecule has 0 radical (unpaired) electrons. The molecule has 14 heavy (non-hydrogen) atoms. The van der Waals surface area contributed by atoms with Crippen LogP contribution >= 0.6 is 0 Å². The molecule has 0 unspecified atom stereocenters. The minimum Gasteiger partial charge on any atom is -0.396 e. The summed E-state index contributed by atoms with van der Waals surface area (Å²) in [5, 5.41) is 9.37. The molecular weight excluding hydrogens is 174 g/mol. The molecule has 3 rings (SSSR count). The van der Waals surface area contributed by atoms with Gasteiger partial charge in [0.1, 0.15) is 0 Å². The van der Waals surface area contributed by atoms with Crippen LogP contribution in [0.5, 0.6) is 0 Å². The Bertz CT molecular complexity index is 228. The predicted molar refractivity (Wildman–Crippen MR) is 55.6 cm³/mol. The monoisotopic (exact) mass is 195 g/mol. The first-order valence-electron chi connectivity index (χ1n) is 6.19. The lowest BCUT2D eigenvalue weighted by Gasteiger charge is -2.41. The van der Waals surface area contributed by atoms with Crippen molar-refractivity contribution >= 4 is 0 Å². The van der Waals surface area contributed by atoms with Gasteiger partial charge in [-0.05, 0) is 42.9 Å². The van der Waals surface area contributed by atoms with Crippen molar-refractivity contribution < 1.29 is 5.11 Å². The molecule has 3 fully saturated rings. The van der Waals surface area contributed by atoms with Gasteiger partial charge in [0.2, 0.25) is 0 Å². The molecule has 0 aromatic carbocycles. The van der Waals surface area contributed by atoms with Crippen molar-refractivity contribution in [2.75, 3.05) is 6.61 Å². The van der Waals surface area contributed by atoms with Crippen LogP contribution in [0.25, 0.3) is 0 Å². The summed E-state index contributed by atoms with van der Waals surface area (Å²) in [5.74, 6) is 3.80. The maximum Gasteiger partial charge on any atom is 0.0476 e. The van der Waals surface area contributed by atoms with E-state index in [-0.39, 0.29) is 0 Å². The van der Waals surface area contributed by atoms with E-state index >= 15 is 0 Å². The van der Waals surface area contributed by atoms with Crippen LogP contribution in [0, 0.1) is 29.6 Å². The quantitative estimate of drug-likeness (QED) is 0.664. The highest BCUT2D eigenvalue weighted by Gasteiger charge is 2.56. The molecule has 3 saturated carbocycles. The second-order valence-electron chi connectivity index (χ2n) is 5.60. The van der Waals surface area contributed by atoms with E-state index in [9.17, 15) is 5.11 Å². The Kier molecular flexibility index (Phi) is 2.10. The summed E-state index contributed by atoms with van der Waals surface area (Å²) in [6, 6.07) is 0.310. The largest absolute Gasteiger partial charge is 0.396 e. The van der Waals surface area contributed by atoms with Crippen molar-refractivity contribution in [2.45, 2.75) is 38.1 Å². The van der Waals surface area contributed by atoms with Crippen LogP contribution in [-0.2, 0) is 0 Å². The van der Waals surface area contributed by atoms with E-state index in [0.717, 1.165) is 23.7 Å². The Labute approximate surface area is 85.9 Å². The second-order valence-corrected chi connectivity index (χ2v) is 5.60. The zero-order valence-corrected chi connectivity index (χ0v) is 8.73. The van der Waals surface area contributed by atoms with Crippen LogP contribution in [0.4, 0.5) is 0 Å². The van der Waals surface area contributed by atoms with Gasteiger partial charge in [-0.3, -0.25) is 0 Å². The van der Waals surface area contributed by atoms with Crippen LogP contribution in [-0.4, -0.2) is 17.8 Å². The third-order valence-corrected chi connectivity index (χ3v) is 5.27. The van der Waals surface area contributed by atoms with Gasteiger partial charge < -0.3 is 10.8 Å². The molecular formula is C12H21NO. The first-order chi connectivity index (χ1) is 6.83. The Hall–Kier alpha value is -0.0800. The van der Waals surface area contributed by atoms with Gasteiger partial charge in [-0.25, -0.2) is 0 Å². The van der Waals surface area contributed by atoms with Gasteiger partial charge in [0.05, 0.1) is 0 Å². The Morgan fingerprint density at radius 3 is 2.29 bits per heavy atom. The lowest BCUT2D eigenvalue weighted by molar-refractivity contribution is 0.0628. The number of nitrogens with two attached hydrogens (primary N) is 1. The van der Waals surface area contributed by atoms with Crippen molar-refractivity contribution in [1.82, 2.24) is 0 Å². The van der Waals surface area contributed by atoms with Gasteiger partial charge in [-0.2, -0.15) is 0 Å². The van der Waals surface area contributed by atoms with Crippen LogP contribution in [0.15, 0.2) is 0 Å². The fourth-order valence-electron chi connectivity index (χ4n) is 4.71. The highest BCUT2D eigenvalue weighted by Crippen LogP contribution is 2.58. The molecule has 80 valence electrons. The third kappa shape index (κ3) is 1.04. The molecule has 2 bridgehead atoms. The zero-order valence-electron chi connectivity index (χ0n) is 8.73. The van der Waals surface area contributed by atoms with Crippen LogP contribution in [0.3, 0.4) is 0 Å². The minimum atomic E-state index is 0.310. The lowest BCUT2D eigenvalue weighted by Crippen LogP contribution is -2.46. The first kappa shape index (κ1) is 9.17.